The SMILES string of the molecule is CCOc1nc2cn(CC(=O)c3cc(OC)c(O)c(C(C)(C)C)c3)c(N)c2cc1C(=O)NC. The van der Waals surface area contributed by atoms with E-state index < -0.39 is 5.41 Å². The third-order valence-corrected chi connectivity index (χ3v) is 5.37. The average Bonchev–Trinajstić information content (AvgIpc) is 3.06. The molecule has 9 heteroatoms. The number of fused-ring (bicyclic) bond motifs is 1. The van der Waals surface area contributed by atoms with Gasteiger partial charge in [-0.15, -0.1) is 0 Å². The van der Waals surface area contributed by atoms with E-state index in [0.717, 1.165) is 0 Å². The van der Waals surface area contributed by atoms with Crippen molar-refractivity contribution in [2.45, 2.75) is 39.7 Å². The molecule has 0 aliphatic carbocycles. The number of amides is 1. The van der Waals surface area contributed by atoms with Crippen LogP contribution in [0.2, 0.25) is 0 Å². The van der Waals surface area contributed by atoms with Gasteiger partial charge in [0, 0.05) is 29.8 Å². The molecule has 9 nitrogen and oxygen atoms in total. The lowest BCUT2D eigenvalue weighted by atomic mass is 9.84. The summed E-state index contributed by atoms with van der Waals surface area (Å²) in [5.74, 6) is 0.188. The maximum absolute atomic E-state index is 13.2. The molecule has 4 N–H and O–H groups in total. The predicted octanol–water partition coefficient (Wildman–Crippen LogP) is 3.27. The molecule has 0 fully saturated rings. The van der Waals surface area contributed by atoms with Crippen LogP contribution in [0.15, 0.2) is 24.4 Å². The van der Waals surface area contributed by atoms with Gasteiger partial charge >= 0.3 is 0 Å². The van der Waals surface area contributed by atoms with Crippen molar-refractivity contribution in [2.24, 2.45) is 0 Å². The molecule has 3 aromatic rings. The quantitative estimate of drug-likeness (QED) is 0.467. The molecule has 0 saturated carbocycles. The Balaban J connectivity index is 2.04. The molecule has 176 valence electrons. The van der Waals surface area contributed by atoms with Crippen molar-refractivity contribution in [1.82, 2.24) is 14.9 Å². The minimum absolute atomic E-state index is 0.0159. The van der Waals surface area contributed by atoms with Gasteiger partial charge in [-0.05, 0) is 30.5 Å². The number of nitrogen functional groups attached to an aromatic ring is 1. The van der Waals surface area contributed by atoms with Crippen molar-refractivity contribution in [3.8, 4) is 17.4 Å². The minimum Gasteiger partial charge on any atom is -0.504 e. The number of hydrogen-bond acceptors (Lipinski definition) is 7. The number of hydrogen-bond donors (Lipinski definition) is 3. The summed E-state index contributed by atoms with van der Waals surface area (Å²) in [6.07, 6.45) is 1.65. The zero-order chi connectivity index (χ0) is 24.5. The Morgan fingerprint density at radius 1 is 1.24 bits per heavy atom. The number of nitrogens with zero attached hydrogens (tertiary/aromatic N) is 2. The second kappa shape index (κ2) is 9.01. The van der Waals surface area contributed by atoms with Gasteiger partial charge in [-0.1, -0.05) is 20.8 Å². The molecule has 0 unspecified atom stereocenters. The van der Waals surface area contributed by atoms with Gasteiger partial charge in [0.2, 0.25) is 5.88 Å². The molecule has 1 aromatic carbocycles. The molecule has 3 rings (SSSR count). The van der Waals surface area contributed by atoms with Gasteiger partial charge in [-0.25, -0.2) is 4.98 Å². The summed E-state index contributed by atoms with van der Waals surface area (Å²) in [5.41, 5.74) is 7.68. The van der Waals surface area contributed by atoms with E-state index in [1.54, 1.807) is 29.8 Å². The molecule has 2 aromatic heterocycles. The summed E-state index contributed by atoms with van der Waals surface area (Å²) in [5, 5.41) is 13.6. The van der Waals surface area contributed by atoms with Crippen LogP contribution in [0.4, 0.5) is 5.82 Å². The molecule has 0 saturated heterocycles. The Bertz CT molecular complexity index is 1220. The van der Waals surface area contributed by atoms with Crippen LogP contribution in [0.5, 0.6) is 17.4 Å². The fourth-order valence-electron chi connectivity index (χ4n) is 3.60. The minimum atomic E-state index is -0.398. The van der Waals surface area contributed by atoms with E-state index in [0.29, 0.717) is 34.5 Å². The number of aromatic nitrogens is 2. The number of pyridine rings is 1. The second-order valence-corrected chi connectivity index (χ2v) is 8.68. The molecule has 0 radical (unpaired) electrons. The molecule has 33 heavy (non-hydrogen) atoms. The highest BCUT2D eigenvalue weighted by Gasteiger charge is 2.24. The molecule has 1 amide bonds. The fraction of sp³-hybridized carbons (Fsp3) is 0.375. The number of benzene rings is 1. The van der Waals surface area contributed by atoms with Gasteiger partial charge < -0.3 is 30.2 Å². The largest absolute Gasteiger partial charge is 0.504 e. The standard InChI is InChI=1S/C24H30N4O5/c1-7-33-23-15(22(31)26-5)10-14-17(27-23)11-28(21(14)25)12-18(29)13-8-16(24(2,3)4)20(30)19(9-13)32-6/h8-11,30H,7,12,25H2,1-6H3,(H,26,31). The summed E-state index contributed by atoms with van der Waals surface area (Å²) < 4.78 is 12.4. The Morgan fingerprint density at radius 3 is 2.52 bits per heavy atom. The Morgan fingerprint density at radius 2 is 1.94 bits per heavy atom. The highest BCUT2D eigenvalue weighted by Crippen LogP contribution is 2.39. The molecule has 2 heterocycles. The lowest BCUT2D eigenvalue weighted by Crippen LogP contribution is -2.19. The number of ether oxygens (including phenoxy) is 2. The number of phenolic OH excluding ortho intramolecular Hbond substituents is 1. The van der Waals surface area contributed by atoms with Crippen molar-refractivity contribution in [2.75, 3.05) is 26.5 Å². The third kappa shape index (κ3) is 4.57. The number of ketones is 1. The first-order chi connectivity index (χ1) is 15.5. The number of nitrogens with one attached hydrogen (secondary N) is 1. The van der Waals surface area contributed by atoms with E-state index >= 15 is 0 Å². The number of carbonyl (C=O) groups is 2. The van der Waals surface area contributed by atoms with E-state index in [4.69, 9.17) is 15.2 Å². The maximum Gasteiger partial charge on any atom is 0.256 e. The second-order valence-electron chi connectivity index (χ2n) is 8.68. The number of carbonyl (C=O) groups excluding carboxylic acids is 2. The molecule has 0 bridgehead atoms. The zero-order valence-electron chi connectivity index (χ0n) is 19.8. The monoisotopic (exact) mass is 454 g/mol. The van der Waals surface area contributed by atoms with E-state index in [2.05, 4.69) is 10.3 Å². The molecule has 0 atom stereocenters. The number of Topliss-reactive ketones (excluding diaryl/α,β-unsaturated/α-hetero) is 1. The Kier molecular flexibility index (Phi) is 6.53. The van der Waals surface area contributed by atoms with E-state index in [9.17, 15) is 14.7 Å². The summed E-state index contributed by atoms with van der Waals surface area (Å²) in [6.45, 7) is 7.92. The normalized spacial score (nSPS) is 11.5. The smallest absolute Gasteiger partial charge is 0.256 e. The van der Waals surface area contributed by atoms with Crippen LogP contribution in [-0.4, -0.2) is 47.1 Å². The van der Waals surface area contributed by atoms with Gasteiger partial charge in [-0.2, -0.15) is 0 Å². The van der Waals surface area contributed by atoms with Crippen LogP contribution in [0, 0.1) is 0 Å². The Labute approximate surface area is 192 Å². The number of anilines is 1. The molecule has 0 spiro atoms. The first kappa shape index (κ1) is 23.9. The number of rotatable bonds is 7. The topological polar surface area (TPSA) is 129 Å². The van der Waals surface area contributed by atoms with Gasteiger partial charge in [0.25, 0.3) is 5.91 Å². The molecular weight excluding hydrogens is 424 g/mol. The van der Waals surface area contributed by atoms with Crippen molar-refractivity contribution >= 4 is 28.4 Å². The van der Waals surface area contributed by atoms with Crippen LogP contribution < -0.4 is 20.5 Å². The first-order valence-corrected chi connectivity index (χ1v) is 10.6. The summed E-state index contributed by atoms with van der Waals surface area (Å²) in [7, 11) is 2.96. The van der Waals surface area contributed by atoms with E-state index in [1.165, 1.54) is 20.2 Å². The van der Waals surface area contributed by atoms with Crippen LogP contribution in [0.3, 0.4) is 0 Å². The zero-order valence-corrected chi connectivity index (χ0v) is 19.8. The van der Waals surface area contributed by atoms with E-state index in [1.807, 2.05) is 20.8 Å². The van der Waals surface area contributed by atoms with Gasteiger partial charge in [0.1, 0.15) is 11.4 Å². The summed E-state index contributed by atoms with van der Waals surface area (Å²) >= 11 is 0. The van der Waals surface area contributed by atoms with Gasteiger partial charge in [0.05, 0.1) is 25.8 Å². The number of nitrogens with two attached hydrogens (primary N) is 1. The van der Waals surface area contributed by atoms with Gasteiger partial charge in [-0.3, -0.25) is 9.59 Å². The van der Waals surface area contributed by atoms with Crippen molar-refractivity contribution < 1.29 is 24.2 Å². The summed E-state index contributed by atoms with van der Waals surface area (Å²) in [4.78, 5) is 29.9. The maximum atomic E-state index is 13.2. The van der Waals surface area contributed by atoms with Crippen molar-refractivity contribution in [3.63, 3.8) is 0 Å². The van der Waals surface area contributed by atoms with Crippen molar-refractivity contribution in [1.29, 1.82) is 0 Å². The van der Waals surface area contributed by atoms with Crippen LogP contribution in [-0.2, 0) is 12.0 Å². The average molecular weight is 455 g/mol. The van der Waals surface area contributed by atoms with Crippen LogP contribution >= 0.6 is 0 Å². The number of phenols is 1. The molecule has 0 aliphatic rings. The highest BCUT2D eigenvalue weighted by molar-refractivity contribution is 6.03. The fourth-order valence-corrected chi connectivity index (χ4v) is 3.60. The number of aromatic hydroxyl groups is 1. The third-order valence-electron chi connectivity index (χ3n) is 5.37. The lowest BCUT2D eigenvalue weighted by molar-refractivity contribution is 0.0955. The number of methoxy groups -OCH3 is 1. The molecule has 0 aliphatic heterocycles. The van der Waals surface area contributed by atoms with Crippen LogP contribution in [0.1, 0.15) is 54.0 Å². The predicted molar refractivity (Wildman–Crippen MR) is 126 cm³/mol. The van der Waals surface area contributed by atoms with Crippen LogP contribution in [0.25, 0.3) is 10.9 Å². The first-order valence-electron chi connectivity index (χ1n) is 10.6. The van der Waals surface area contributed by atoms with Crippen molar-refractivity contribution in [3.05, 3.63) is 41.1 Å². The highest BCUT2D eigenvalue weighted by atomic mass is 16.5. The summed E-state index contributed by atoms with van der Waals surface area (Å²) in [6, 6.07) is 4.81. The molecular formula is C24H30N4O5. The van der Waals surface area contributed by atoms with Gasteiger partial charge in [0.15, 0.2) is 17.3 Å². The van der Waals surface area contributed by atoms with E-state index in [-0.39, 0.29) is 41.2 Å². The lowest BCUT2D eigenvalue weighted by Gasteiger charge is -2.22. The Hall–Kier alpha value is -3.75.